The van der Waals surface area contributed by atoms with E-state index < -0.39 is 23.6 Å². The third-order valence-corrected chi connectivity index (χ3v) is 5.45. The Morgan fingerprint density at radius 3 is 2.77 bits per heavy atom. The lowest BCUT2D eigenvalue weighted by Gasteiger charge is -2.08. The molecule has 0 bridgehead atoms. The van der Waals surface area contributed by atoms with Gasteiger partial charge in [-0.05, 0) is 36.8 Å². The molecule has 31 heavy (non-hydrogen) atoms. The van der Waals surface area contributed by atoms with Crippen LogP contribution in [0, 0.1) is 18.6 Å². The molecule has 0 spiro atoms. The van der Waals surface area contributed by atoms with E-state index in [1.165, 1.54) is 24.3 Å². The molecule has 4 rings (SSSR count). The van der Waals surface area contributed by atoms with Crippen LogP contribution in [-0.2, 0) is 16.2 Å². The molecule has 160 valence electrons. The minimum atomic E-state index is -0.942. The fourth-order valence-corrected chi connectivity index (χ4v) is 3.69. The monoisotopic (exact) mass is 464 g/mol. The van der Waals surface area contributed by atoms with Gasteiger partial charge in [0.1, 0.15) is 11.6 Å². The number of carbonyl (C=O) groups excluding carboxylic acids is 1. The summed E-state index contributed by atoms with van der Waals surface area (Å²) < 4.78 is 29.0. The van der Waals surface area contributed by atoms with Crippen LogP contribution in [0.2, 0.25) is 10.0 Å². The molecule has 1 amide bonds. The Balaban J connectivity index is 1.42. The van der Waals surface area contributed by atoms with Gasteiger partial charge in [0.25, 0.3) is 5.91 Å². The molecule has 0 radical (unpaired) electrons. The summed E-state index contributed by atoms with van der Waals surface area (Å²) in [5, 5.41) is 11.3. The van der Waals surface area contributed by atoms with Crippen LogP contribution in [0.4, 0.5) is 14.6 Å². The number of halogens is 4. The van der Waals surface area contributed by atoms with Gasteiger partial charge in [0, 0.05) is 23.2 Å². The zero-order valence-corrected chi connectivity index (χ0v) is 17.7. The zero-order valence-electron chi connectivity index (χ0n) is 16.2. The van der Waals surface area contributed by atoms with Crippen molar-refractivity contribution in [3.8, 4) is 0 Å². The van der Waals surface area contributed by atoms with E-state index in [1.54, 1.807) is 22.9 Å². The van der Waals surface area contributed by atoms with Crippen molar-refractivity contribution in [2.75, 3.05) is 5.32 Å². The molecule has 2 aromatic carbocycles. The average Bonchev–Trinajstić information content (AvgIpc) is 3.31. The SMILES string of the molecule is Cc1cc(NC(=O)C2CC(c3c(F)cccc3Cl)=NO2)nn1Cc1ccc(F)cc1Cl. The summed E-state index contributed by atoms with van der Waals surface area (Å²) in [6.45, 7) is 2.12. The molecular weight excluding hydrogens is 449 g/mol. The fourth-order valence-electron chi connectivity index (χ4n) is 3.19. The average molecular weight is 465 g/mol. The van der Waals surface area contributed by atoms with Gasteiger partial charge in [0.15, 0.2) is 5.82 Å². The number of oxime groups is 1. The predicted octanol–water partition coefficient (Wildman–Crippen LogP) is 4.96. The Bertz CT molecular complexity index is 1180. The molecule has 6 nitrogen and oxygen atoms in total. The van der Waals surface area contributed by atoms with Gasteiger partial charge < -0.3 is 10.2 Å². The van der Waals surface area contributed by atoms with Gasteiger partial charge in [-0.15, -0.1) is 0 Å². The first kappa shape index (κ1) is 21.3. The number of aryl methyl sites for hydroxylation is 1. The molecule has 0 aliphatic carbocycles. The largest absolute Gasteiger partial charge is 0.382 e. The number of nitrogens with one attached hydrogen (secondary N) is 1. The van der Waals surface area contributed by atoms with Crippen LogP contribution < -0.4 is 5.32 Å². The van der Waals surface area contributed by atoms with Crippen LogP contribution >= 0.6 is 23.2 Å². The molecular formula is C21H16Cl2F2N4O2. The number of hydrogen-bond donors (Lipinski definition) is 1. The maximum atomic E-state index is 14.1. The summed E-state index contributed by atoms with van der Waals surface area (Å²) in [4.78, 5) is 17.8. The number of amides is 1. The molecule has 10 heteroatoms. The van der Waals surface area contributed by atoms with Gasteiger partial charge in [-0.3, -0.25) is 9.48 Å². The van der Waals surface area contributed by atoms with E-state index in [0.29, 0.717) is 17.9 Å². The van der Waals surface area contributed by atoms with E-state index in [9.17, 15) is 13.6 Å². The van der Waals surface area contributed by atoms with Crippen molar-refractivity contribution >= 4 is 40.6 Å². The highest BCUT2D eigenvalue weighted by atomic mass is 35.5. The van der Waals surface area contributed by atoms with Crippen molar-refractivity contribution in [3.63, 3.8) is 0 Å². The second-order valence-corrected chi connectivity index (χ2v) is 7.80. The third kappa shape index (κ3) is 4.55. The van der Waals surface area contributed by atoms with E-state index in [4.69, 9.17) is 28.0 Å². The van der Waals surface area contributed by atoms with E-state index >= 15 is 0 Å². The Labute approximate surface area is 186 Å². The number of aromatic nitrogens is 2. The molecule has 1 unspecified atom stereocenters. The maximum Gasteiger partial charge on any atom is 0.269 e. The van der Waals surface area contributed by atoms with Gasteiger partial charge >= 0.3 is 0 Å². The number of rotatable bonds is 5. The number of anilines is 1. The molecule has 1 aromatic heterocycles. The minimum absolute atomic E-state index is 0.0668. The van der Waals surface area contributed by atoms with Gasteiger partial charge in [-0.25, -0.2) is 8.78 Å². The van der Waals surface area contributed by atoms with E-state index in [1.807, 2.05) is 6.92 Å². The highest BCUT2D eigenvalue weighted by molar-refractivity contribution is 6.34. The highest BCUT2D eigenvalue weighted by Gasteiger charge is 2.31. The van der Waals surface area contributed by atoms with E-state index in [0.717, 1.165) is 5.69 Å². The van der Waals surface area contributed by atoms with Crippen LogP contribution in [0.15, 0.2) is 47.6 Å². The van der Waals surface area contributed by atoms with Crippen molar-refractivity contribution in [1.29, 1.82) is 0 Å². The first-order valence-electron chi connectivity index (χ1n) is 9.28. The summed E-state index contributed by atoms with van der Waals surface area (Å²) in [7, 11) is 0. The Kier molecular flexibility index (Phi) is 5.93. The lowest BCUT2D eigenvalue weighted by molar-refractivity contribution is -0.125. The molecule has 3 aromatic rings. The third-order valence-electron chi connectivity index (χ3n) is 4.78. The number of benzene rings is 2. The van der Waals surface area contributed by atoms with Crippen molar-refractivity contribution in [1.82, 2.24) is 9.78 Å². The second-order valence-electron chi connectivity index (χ2n) is 6.99. The standard InChI is InChI=1S/C21H16Cl2F2N4O2/c1-11-7-19(27-29(11)10-12-5-6-13(24)8-15(12)23)26-21(30)18-9-17(28-31-18)20-14(22)3-2-4-16(20)25/h2-8,18H,9-10H2,1H3,(H,26,27,30). The van der Waals surface area contributed by atoms with Crippen LogP contribution in [0.25, 0.3) is 0 Å². The quantitative estimate of drug-likeness (QED) is 0.580. The number of nitrogens with zero attached hydrogens (tertiary/aromatic N) is 3. The second kappa shape index (κ2) is 8.64. The molecule has 0 saturated heterocycles. The molecule has 0 saturated carbocycles. The van der Waals surface area contributed by atoms with Crippen LogP contribution in [0.1, 0.15) is 23.2 Å². The van der Waals surface area contributed by atoms with Crippen LogP contribution in [0.5, 0.6) is 0 Å². The molecule has 1 aliphatic rings. The van der Waals surface area contributed by atoms with Crippen LogP contribution in [-0.4, -0.2) is 27.5 Å². The van der Waals surface area contributed by atoms with E-state index in [-0.39, 0.29) is 27.7 Å². The molecule has 2 heterocycles. The maximum absolute atomic E-state index is 14.1. The number of carbonyl (C=O) groups is 1. The molecule has 1 aliphatic heterocycles. The van der Waals surface area contributed by atoms with Gasteiger partial charge in [-0.2, -0.15) is 5.10 Å². The summed E-state index contributed by atoms with van der Waals surface area (Å²) in [6, 6.07) is 10.1. The Morgan fingerprint density at radius 1 is 1.23 bits per heavy atom. The van der Waals surface area contributed by atoms with Crippen molar-refractivity contribution in [3.05, 3.63) is 81.0 Å². The van der Waals surface area contributed by atoms with Crippen molar-refractivity contribution in [2.24, 2.45) is 5.16 Å². The van der Waals surface area contributed by atoms with Gasteiger partial charge in [0.2, 0.25) is 6.10 Å². The Morgan fingerprint density at radius 2 is 2.03 bits per heavy atom. The zero-order chi connectivity index (χ0) is 22.1. The fraction of sp³-hybridized carbons (Fsp3) is 0.190. The topological polar surface area (TPSA) is 68.5 Å². The highest BCUT2D eigenvalue weighted by Crippen LogP contribution is 2.26. The Hall–Kier alpha value is -2.97. The van der Waals surface area contributed by atoms with E-state index in [2.05, 4.69) is 15.6 Å². The first-order valence-corrected chi connectivity index (χ1v) is 10.0. The smallest absolute Gasteiger partial charge is 0.269 e. The molecule has 1 N–H and O–H groups in total. The van der Waals surface area contributed by atoms with Crippen molar-refractivity contribution in [2.45, 2.75) is 26.0 Å². The van der Waals surface area contributed by atoms with Gasteiger partial charge in [0.05, 0.1) is 22.8 Å². The summed E-state index contributed by atoms with van der Waals surface area (Å²) >= 11 is 12.1. The summed E-state index contributed by atoms with van der Waals surface area (Å²) in [5.74, 6) is -1.13. The lowest BCUT2D eigenvalue weighted by atomic mass is 10.0. The lowest BCUT2D eigenvalue weighted by Crippen LogP contribution is -2.28. The predicted molar refractivity (Wildman–Crippen MR) is 114 cm³/mol. The normalized spacial score (nSPS) is 15.5. The first-order chi connectivity index (χ1) is 14.8. The summed E-state index contributed by atoms with van der Waals surface area (Å²) in [5.41, 5.74) is 1.83. The number of hydrogen-bond acceptors (Lipinski definition) is 4. The van der Waals surface area contributed by atoms with Gasteiger partial charge in [-0.1, -0.05) is 40.5 Å². The summed E-state index contributed by atoms with van der Waals surface area (Å²) in [6.07, 6.45) is -0.875. The van der Waals surface area contributed by atoms with Crippen LogP contribution in [0.3, 0.4) is 0 Å². The van der Waals surface area contributed by atoms with Crippen molar-refractivity contribution < 1.29 is 18.4 Å². The molecule has 1 atom stereocenters. The minimum Gasteiger partial charge on any atom is -0.382 e. The molecule has 0 fully saturated rings.